The van der Waals surface area contributed by atoms with E-state index >= 15 is 0 Å². The third-order valence-corrected chi connectivity index (χ3v) is 4.32. The number of ether oxygens (including phenoxy) is 1. The molecule has 3 unspecified atom stereocenters. The van der Waals surface area contributed by atoms with E-state index in [0.29, 0.717) is 6.04 Å². The van der Waals surface area contributed by atoms with Crippen LogP contribution >= 0.6 is 0 Å². The highest BCUT2D eigenvalue weighted by Gasteiger charge is 2.40. The predicted molar refractivity (Wildman–Crippen MR) is 77.1 cm³/mol. The zero-order chi connectivity index (χ0) is 13.6. The molecule has 1 fully saturated rings. The molecule has 19 heavy (non-hydrogen) atoms. The fraction of sp³-hybridized carbons (Fsp3) is 0.625. The Bertz CT molecular complexity index is 472. The van der Waals surface area contributed by atoms with E-state index in [4.69, 9.17) is 10.5 Å². The van der Waals surface area contributed by atoms with Crippen LogP contribution < -0.4 is 5.73 Å². The van der Waals surface area contributed by atoms with Crippen LogP contribution in [0.3, 0.4) is 0 Å². The highest BCUT2D eigenvalue weighted by molar-refractivity contribution is 5.37. The van der Waals surface area contributed by atoms with Crippen molar-refractivity contribution in [2.75, 3.05) is 13.1 Å². The average molecular weight is 260 g/mol. The maximum absolute atomic E-state index is 6.47. The Morgan fingerprint density at radius 2 is 2.05 bits per heavy atom. The van der Waals surface area contributed by atoms with Crippen molar-refractivity contribution in [1.82, 2.24) is 4.90 Å². The van der Waals surface area contributed by atoms with Gasteiger partial charge in [0.15, 0.2) is 0 Å². The Kier molecular flexibility index (Phi) is 3.16. The molecule has 3 atom stereocenters. The first kappa shape index (κ1) is 13.1. The molecule has 0 saturated carbocycles. The molecule has 0 spiro atoms. The summed E-state index contributed by atoms with van der Waals surface area (Å²) in [5.41, 5.74) is 9.13. The number of morpholine rings is 1. The lowest BCUT2D eigenvalue weighted by molar-refractivity contribution is -0.138. The molecule has 3 rings (SSSR count). The second kappa shape index (κ2) is 4.58. The predicted octanol–water partition coefficient (Wildman–Crippen LogP) is 2.11. The van der Waals surface area contributed by atoms with Crippen LogP contribution in [0.1, 0.15) is 37.9 Å². The van der Waals surface area contributed by atoms with E-state index in [2.05, 4.69) is 49.9 Å². The van der Waals surface area contributed by atoms with Crippen molar-refractivity contribution in [1.29, 1.82) is 0 Å². The number of rotatable bonds is 1. The summed E-state index contributed by atoms with van der Waals surface area (Å²) in [6.45, 7) is 8.44. The number of nitrogens with zero attached hydrogens (tertiary/aromatic N) is 1. The summed E-state index contributed by atoms with van der Waals surface area (Å²) in [6, 6.07) is 9.15. The van der Waals surface area contributed by atoms with E-state index in [1.54, 1.807) is 0 Å². The van der Waals surface area contributed by atoms with Crippen molar-refractivity contribution >= 4 is 0 Å². The summed E-state index contributed by atoms with van der Waals surface area (Å²) in [6.07, 6.45) is 1.35. The van der Waals surface area contributed by atoms with Gasteiger partial charge in [-0.15, -0.1) is 0 Å². The van der Waals surface area contributed by atoms with Crippen LogP contribution in [0.15, 0.2) is 24.3 Å². The summed E-state index contributed by atoms with van der Waals surface area (Å²) in [5, 5.41) is 0. The van der Waals surface area contributed by atoms with Gasteiger partial charge in [-0.1, -0.05) is 24.3 Å². The van der Waals surface area contributed by atoms with Crippen molar-refractivity contribution in [3.8, 4) is 0 Å². The van der Waals surface area contributed by atoms with Crippen molar-refractivity contribution in [2.45, 2.75) is 51.0 Å². The van der Waals surface area contributed by atoms with E-state index in [1.165, 1.54) is 11.1 Å². The zero-order valence-electron chi connectivity index (χ0n) is 12.1. The van der Waals surface area contributed by atoms with Crippen LogP contribution in [0.5, 0.6) is 0 Å². The van der Waals surface area contributed by atoms with Gasteiger partial charge in [-0.2, -0.15) is 0 Å². The molecule has 1 aromatic rings. The van der Waals surface area contributed by atoms with E-state index < -0.39 is 0 Å². The molecule has 1 heterocycles. The minimum atomic E-state index is -0.0772. The van der Waals surface area contributed by atoms with Crippen LogP contribution in [0.25, 0.3) is 0 Å². The van der Waals surface area contributed by atoms with E-state index in [9.17, 15) is 0 Å². The quantitative estimate of drug-likeness (QED) is 0.840. The molecule has 1 aromatic carbocycles. The molecule has 0 aromatic heterocycles. The Balaban J connectivity index is 1.81. The Labute approximate surface area is 115 Å². The largest absolute Gasteiger partial charge is 0.370 e. The maximum atomic E-state index is 6.47. The molecule has 3 heteroatoms. The van der Waals surface area contributed by atoms with Crippen molar-refractivity contribution in [3.63, 3.8) is 0 Å². The topological polar surface area (TPSA) is 38.5 Å². The van der Waals surface area contributed by atoms with Gasteiger partial charge in [0.05, 0.1) is 11.7 Å². The summed E-state index contributed by atoms with van der Waals surface area (Å²) in [4.78, 5) is 2.53. The first-order chi connectivity index (χ1) is 8.96. The molecule has 1 saturated heterocycles. The fourth-order valence-electron chi connectivity index (χ4n) is 3.72. The standard InChI is InChI=1S/C16H24N2O/c1-11-9-18(10-16(2,3)19-11)14-8-12-6-4-5-7-13(12)15(14)17/h4-7,11,14-15H,8-10,17H2,1-3H3. The number of benzene rings is 1. The molecule has 0 amide bonds. The normalized spacial score (nSPS) is 34.2. The van der Waals surface area contributed by atoms with Gasteiger partial charge < -0.3 is 10.5 Å². The minimum absolute atomic E-state index is 0.0772. The molecule has 0 radical (unpaired) electrons. The van der Waals surface area contributed by atoms with Crippen LogP contribution in [-0.4, -0.2) is 35.7 Å². The summed E-state index contributed by atoms with van der Waals surface area (Å²) in [5.74, 6) is 0. The zero-order valence-corrected chi connectivity index (χ0v) is 12.1. The van der Waals surface area contributed by atoms with Crippen molar-refractivity contribution in [2.24, 2.45) is 5.73 Å². The van der Waals surface area contributed by atoms with Gasteiger partial charge >= 0.3 is 0 Å². The second-order valence-electron chi connectivity index (χ2n) is 6.61. The van der Waals surface area contributed by atoms with Gasteiger partial charge in [0.2, 0.25) is 0 Å². The van der Waals surface area contributed by atoms with Crippen molar-refractivity contribution < 1.29 is 4.74 Å². The molecule has 3 nitrogen and oxygen atoms in total. The lowest BCUT2D eigenvalue weighted by Crippen LogP contribution is -2.56. The fourth-order valence-corrected chi connectivity index (χ4v) is 3.72. The first-order valence-corrected chi connectivity index (χ1v) is 7.21. The Morgan fingerprint density at radius 3 is 2.74 bits per heavy atom. The molecule has 2 N–H and O–H groups in total. The second-order valence-corrected chi connectivity index (χ2v) is 6.61. The average Bonchev–Trinajstić information content (AvgIpc) is 2.65. The van der Waals surface area contributed by atoms with Gasteiger partial charge in [-0.05, 0) is 38.3 Å². The molecule has 1 aliphatic carbocycles. The number of nitrogens with two attached hydrogens (primary N) is 1. The molecule has 0 bridgehead atoms. The number of hydrogen-bond acceptors (Lipinski definition) is 3. The van der Waals surface area contributed by atoms with Crippen LogP contribution in [0.2, 0.25) is 0 Å². The summed E-state index contributed by atoms with van der Waals surface area (Å²) < 4.78 is 5.99. The van der Waals surface area contributed by atoms with Gasteiger partial charge in [0.25, 0.3) is 0 Å². The molecular weight excluding hydrogens is 236 g/mol. The first-order valence-electron chi connectivity index (χ1n) is 7.21. The monoisotopic (exact) mass is 260 g/mol. The summed E-state index contributed by atoms with van der Waals surface area (Å²) in [7, 11) is 0. The highest BCUT2D eigenvalue weighted by Crippen LogP contribution is 2.35. The van der Waals surface area contributed by atoms with Crippen LogP contribution in [-0.2, 0) is 11.2 Å². The smallest absolute Gasteiger partial charge is 0.0757 e. The summed E-state index contributed by atoms with van der Waals surface area (Å²) >= 11 is 0. The lowest BCUT2D eigenvalue weighted by atomic mass is 10.0. The number of fused-ring (bicyclic) bond motifs is 1. The maximum Gasteiger partial charge on any atom is 0.0757 e. The molecule has 104 valence electrons. The lowest BCUT2D eigenvalue weighted by Gasteiger charge is -2.45. The van der Waals surface area contributed by atoms with Crippen molar-refractivity contribution in [3.05, 3.63) is 35.4 Å². The van der Waals surface area contributed by atoms with E-state index in [0.717, 1.165) is 19.5 Å². The van der Waals surface area contributed by atoms with Gasteiger partial charge in [0.1, 0.15) is 0 Å². The van der Waals surface area contributed by atoms with Gasteiger partial charge in [-0.3, -0.25) is 4.90 Å². The van der Waals surface area contributed by atoms with E-state index in [-0.39, 0.29) is 17.7 Å². The Hall–Kier alpha value is -0.900. The minimum Gasteiger partial charge on any atom is -0.370 e. The van der Waals surface area contributed by atoms with Crippen LogP contribution in [0, 0.1) is 0 Å². The molecule has 2 aliphatic rings. The van der Waals surface area contributed by atoms with E-state index in [1.807, 2.05) is 0 Å². The SMILES string of the molecule is CC1CN(C2Cc3ccccc3C2N)CC(C)(C)O1. The highest BCUT2D eigenvalue weighted by atomic mass is 16.5. The third kappa shape index (κ3) is 2.42. The third-order valence-electron chi connectivity index (χ3n) is 4.32. The number of hydrogen-bond donors (Lipinski definition) is 1. The van der Waals surface area contributed by atoms with Gasteiger partial charge in [-0.25, -0.2) is 0 Å². The van der Waals surface area contributed by atoms with Crippen LogP contribution in [0.4, 0.5) is 0 Å². The molecule has 1 aliphatic heterocycles. The Morgan fingerprint density at radius 1 is 1.32 bits per heavy atom. The van der Waals surface area contributed by atoms with Gasteiger partial charge in [0, 0.05) is 25.2 Å². The molecular formula is C16H24N2O.